The van der Waals surface area contributed by atoms with Crippen LogP contribution in [0.1, 0.15) is 62.5 Å². The van der Waals surface area contributed by atoms with Crippen LogP contribution in [0.3, 0.4) is 0 Å². The van der Waals surface area contributed by atoms with Gasteiger partial charge in [-0.3, -0.25) is 0 Å². The first-order valence-electron chi connectivity index (χ1n) is 8.87. The Morgan fingerprint density at radius 3 is 2.19 bits per heavy atom. The number of ether oxygens (including phenoxy) is 1. The maximum Gasteiger partial charge on any atom is 0.339 e. The lowest BCUT2D eigenvalue weighted by atomic mass is 9.71. The van der Waals surface area contributed by atoms with E-state index in [2.05, 4.69) is 50.5 Å². The summed E-state index contributed by atoms with van der Waals surface area (Å²) in [6, 6.07) is 10.8. The van der Waals surface area contributed by atoms with Crippen LogP contribution in [-0.2, 0) is 12.0 Å². The van der Waals surface area contributed by atoms with Gasteiger partial charge in [0.1, 0.15) is 23.7 Å². The van der Waals surface area contributed by atoms with Crippen molar-refractivity contribution in [3.63, 3.8) is 0 Å². The van der Waals surface area contributed by atoms with Crippen LogP contribution in [0.5, 0.6) is 11.5 Å². The molecule has 0 bridgehead atoms. The SMILES string of the molecule is CC(C)(C)CC(C)(C)c1cc(COc2ccc(Br)cc2)c(O)c(C(=O)O)c1. The van der Waals surface area contributed by atoms with Gasteiger partial charge in [0.05, 0.1) is 0 Å². The van der Waals surface area contributed by atoms with E-state index in [0.29, 0.717) is 11.3 Å². The van der Waals surface area contributed by atoms with Crippen LogP contribution >= 0.6 is 15.9 Å². The topological polar surface area (TPSA) is 66.8 Å². The lowest BCUT2D eigenvalue weighted by Gasteiger charge is -2.33. The Bertz CT molecular complexity index is 817. The highest BCUT2D eigenvalue weighted by Crippen LogP contribution is 2.39. The van der Waals surface area contributed by atoms with Crippen molar-refractivity contribution >= 4 is 21.9 Å². The molecule has 0 saturated carbocycles. The summed E-state index contributed by atoms with van der Waals surface area (Å²) in [5, 5.41) is 20.0. The third-order valence-electron chi connectivity index (χ3n) is 4.38. The number of hydrogen-bond donors (Lipinski definition) is 2. The summed E-state index contributed by atoms with van der Waals surface area (Å²) in [5.41, 5.74) is 1.09. The van der Waals surface area contributed by atoms with Crippen molar-refractivity contribution in [3.05, 3.63) is 57.6 Å². The van der Waals surface area contributed by atoms with Gasteiger partial charge in [-0.2, -0.15) is 0 Å². The maximum absolute atomic E-state index is 11.6. The number of carboxylic acid groups (broad SMARTS) is 1. The number of phenols is 1. The summed E-state index contributed by atoms with van der Waals surface area (Å²) >= 11 is 3.37. The number of aromatic hydroxyl groups is 1. The van der Waals surface area contributed by atoms with Gasteiger partial charge in [-0.05, 0) is 59.2 Å². The first kappa shape index (κ1) is 21.3. The first-order valence-corrected chi connectivity index (χ1v) is 9.66. The molecule has 0 aliphatic rings. The van der Waals surface area contributed by atoms with E-state index in [4.69, 9.17) is 4.74 Å². The van der Waals surface area contributed by atoms with Crippen LogP contribution in [0.15, 0.2) is 40.9 Å². The van der Waals surface area contributed by atoms with E-state index in [1.54, 1.807) is 6.07 Å². The van der Waals surface area contributed by atoms with E-state index in [1.165, 1.54) is 0 Å². The quantitative estimate of drug-likeness (QED) is 0.572. The fraction of sp³-hybridized carbons (Fsp3) is 0.409. The van der Waals surface area contributed by atoms with Crippen molar-refractivity contribution < 1.29 is 19.7 Å². The molecular weight excluding hydrogens is 408 g/mol. The minimum Gasteiger partial charge on any atom is -0.507 e. The molecule has 5 heteroatoms. The van der Waals surface area contributed by atoms with Gasteiger partial charge in [0.25, 0.3) is 0 Å². The zero-order valence-corrected chi connectivity index (χ0v) is 18.1. The molecule has 0 atom stereocenters. The Morgan fingerprint density at radius 2 is 1.67 bits per heavy atom. The molecule has 2 aromatic rings. The molecule has 0 spiro atoms. The van der Waals surface area contributed by atoms with Gasteiger partial charge >= 0.3 is 5.97 Å². The van der Waals surface area contributed by atoms with Crippen LogP contribution in [0, 0.1) is 5.41 Å². The fourth-order valence-electron chi connectivity index (χ4n) is 3.48. The smallest absolute Gasteiger partial charge is 0.339 e. The fourth-order valence-corrected chi connectivity index (χ4v) is 3.74. The van der Waals surface area contributed by atoms with Gasteiger partial charge in [-0.15, -0.1) is 0 Å². The number of benzene rings is 2. The molecule has 0 aromatic heterocycles. The minimum atomic E-state index is -1.15. The van der Waals surface area contributed by atoms with E-state index in [-0.39, 0.29) is 28.7 Å². The minimum absolute atomic E-state index is 0.0822. The lowest BCUT2D eigenvalue weighted by molar-refractivity contribution is 0.0693. The van der Waals surface area contributed by atoms with Gasteiger partial charge in [0.2, 0.25) is 0 Å². The van der Waals surface area contributed by atoms with Crippen LogP contribution < -0.4 is 4.74 Å². The second-order valence-corrected chi connectivity index (χ2v) is 9.62. The van der Waals surface area contributed by atoms with E-state index < -0.39 is 5.97 Å². The molecular formula is C22H27BrO4. The van der Waals surface area contributed by atoms with E-state index >= 15 is 0 Å². The molecule has 0 heterocycles. The Labute approximate surface area is 169 Å². The summed E-state index contributed by atoms with van der Waals surface area (Å²) < 4.78 is 6.70. The van der Waals surface area contributed by atoms with E-state index in [1.807, 2.05) is 30.3 Å². The van der Waals surface area contributed by atoms with Crippen molar-refractivity contribution in [1.82, 2.24) is 0 Å². The molecule has 146 valence electrons. The third kappa shape index (κ3) is 5.73. The van der Waals surface area contributed by atoms with E-state index in [0.717, 1.165) is 16.5 Å². The van der Waals surface area contributed by atoms with Crippen molar-refractivity contribution in [2.24, 2.45) is 5.41 Å². The number of rotatable bonds is 6. The van der Waals surface area contributed by atoms with Gasteiger partial charge in [0.15, 0.2) is 0 Å². The Hall–Kier alpha value is -2.01. The molecule has 0 amide bonds. The predicted molar refractivity (Wildman–Crippen MR) is 111 cm³/mol. The molecule has 4 nitrogen and oxygen atoms in total. The molecule has 2 aromatic carbocycles. The number of hydrogen-bond acceptors (Lipinski definition) is 3. The van der Waals surface area contributed by atoms with Crippen molar-refractivity contribution in [2.75, 3.05) is 0 Å². The number of carboxylic acids is 1. The number of carbonyl (C=O) groups is 1. The van der Waals surface area contributed by atoms with Crippen molar-refractivity contribution in [3.8, 4) is 11.5 Å². The maximum atomic E-state index is 11.6. The second-order valence-electron chi connectivity index (χ2n) is 8.70. The Morgan fingerprint density at radius 1 is 1.07 bits per heavy atom. The van der Waals surface area contributed by atoms with Crippen LogP contribution in [0.2, 0.25) is 0 Å². The van der Waals surface area contributed by atoms with Crippen molar-refractivity contribution in [2.45, 2.75) is 53.1 Å². The molecule has 0 aliphatic heterocycles. The molecule has 0 fully saturated rings. The molecule has 27 heavy (non-hydrogen) atoms. The number of halogens is 1. The van der Waals surface area contributed by atoms with Gasteiger partial charge in [-0.1, -0.05) is 50.5 Å². The summed E-state index contributed by atoms with van der Waals surface area (Å²) in [6.45, 7) is 10.7. The number of aromatic carboxylic acids is 1. The van der Waals surface area contributed by atoms with E-state index in [9.17, 15) is 15.0 Å². The highest BCUT2D eigenvalue weighted by Gasteiger charge is 2.29. The highest BCUT2D eigenvalue weighted by molar-refractivity contribution is 9.10. The molecule has 0 radical (unpaired) electrons. The largest absolute Gasteiger partial charge is 0.507 e. The third-order valence-corrected chi connectivity index (χ3v) is 4.91. The van der Waals surface area contributed by atoms with Crippen molar-refractivity contribution in [1.29, 1.82) is 0 Å². The average molecular weight is 435 g/mol. The summed E-state index contributed by atoms with van der Waals surface area (Å²) in [7, 11) is 0. The highest BCUT2D eigenvalue weighted by atomic mass is 79.9. The summed E-state index contributed by atoms with van der Waals surface area (Å²) in [5.74, 6) is -0.741. The molecule has 0 unspecified atom stereocenters. The molecule has 2 rings (SSSR count). The van der Waals surface area contributed by atoms with Gasteiger partial charge < -0.3 is 14.9 Å². The molecule has 2 N–H and O–H groups in total. The lowest BCUT2D eigenvalue weighted by Crippen LogP contribution is -2.25. The summed E-state index contributed by atoms with van der Waals surface area (Å²) in [6.07, 6.45) is 0.872. The first-order chi connectivity index (χ1) is 12.4. The van der Waals surface area contributed by atoms with Gasteiger partial charge in [0, 0.05) is 10.0 Å². The summed E-state index contributed by atoms with van der Waals surface area (Å²) in [4.78, 5) is 11.6. The zero-order chi connectivity index (χ0) is 20.4. The van der Waals surface area contributed by atoms with Gasteiger partial charge in [-0.25, -0.2) is 4.79 Å². The monoisotopic (exact) mass is 434 g/mol. The molecule has 0 saturated heterocycles. The average Bonchev–Trinajstić information content (AvgIpc) is 2.52. The Kier molecular flexibility index (Phi) is 6.25. The zero-order valence-electron chi connectivity index (χ0n) is 16.5. The Balaban J connectivity index is 2.39. The predicted octanol–water partition coefficient (Wildman–Crippen LogP) is 6.15. The van der Waals surface area contributed by atoms with Crippen LogP contribution in [0.4, 0.5) is 0 Å². The molecule has 0 aliphatic carbocycles. The normalized spacial score (nSPS) is 12.1. The van der Waals surface area contributed by atoms with Crippen LogP contribution in [-0.4, -0.2) is 16.2 Å². The second kappa shape index (κ2) is 7.93. The van der Waals surface area contributed by atoms with Crippen LogP contribution in [0.25, 0.3) is 0 Å². The standard InChI is InChI=1S/C22H27BrO4/c1-21(2,3)13-22(4,5)15-10-14(19(24)18(11-15)20(25)26)12-27-17-8-6-16(23)7-9-17/h6-11,24H,12-13H2,1-5H3,(H,25,26).